The molecule has 1 heterocycles. The molecule has 4 aromatic rings. The van der Waals surface area contributed by atoms with Crippen LogP contribution in [0.15, 0.2) is 107 Å². The minimum absolute atomic E-state index is 0.0328. The summed E-state index contributed by atoms with van der Waals surface area (Å²) in [6, 6.07) is 29.7. The Morgan fingerprint density at radius 3 is 2.07 bits per heavy atom. The van der Waals surface area contributed by atoms with Crippen molar-refractivity contribution in [2.24, 2.45) is 0 Å². The fourth-order valence-corrected chi connectivity index (χ4v) is 4.08. The highest BCUT2D eigenvalue weighted by molar-refractivity contribution is 8.00. The average Bonchev–Trinajstić information content (AvgIpc) is 2.78. The molecule has 1 N–H and O–H groups in total. The minimum Gasteiger partial charge on any atom is -0.301 e. The van der Waals surface area contributed by atoms with Gasteiger partial charge in [-0.3, -0.25) is 9.59 Å². The van der Waals surface area contributed by atoms with E-state index >= 15 is 0 Å². The van der Waals surface area contributed by atoms with Crippen molar-refractivity contribution < 1.29 is 4.79 Å². The van der Waals surface area contributed by atoms with Crippen LogP contribution in [0.25, 0.3) is 11.3 Å². The van der Waals surface area contributed by atoms with E-state index in [1.807, 2.05) is 78.9 Å². The summed E-state index contributed by atoms with van der Waals surface area (Å²) in [5.74, 6) is -0.0328. The van der Waals surface area contributed by atoms with Gasteiger partial charge in [-0.05, 0) is 5.56 Å². The number of nitrogens with one attached hydrogen (secondary N) is 1. The predicted molar refractivity (Wildman–Crippen MR) is 116 cm³/mol. The molecule has 4 nitrogen and oxygen atoms in total. The van der Waals surface area contributed by atoms with E-state index in [9.17, 15) is 9.59 Å². The Kier molecular flexibility index (Phi) is 5.68. The van der Waals surface area contributed by atoms with E-state index in [2.05, 4.69) is 9.97 Å². The highest BCUT2D eigenvalue weighted by Gasteiger charge is 2.24. The number of carbonyl (C=O) groups excluding carboxylic acids is 1. The fourth-order valence-electron chi connectivity index (χ4n) is 3.01. The number of Topliss-reactive ketones (excluding diaryl/α,β-unsaturated/α-hetero) is 1. The van der Waals surface area contributed by atoms with Gasteiger partial charge >= 0.3 is 0 Å². The van der Waals surface area contributed by atoms with Gasteiger partial charge < -0.3 is 4.98 Å². The molecule has 4 rings (SSSR count). The van der Waals surface area contributed by atoms with E-state index in [1.165, 1.54) is 17.8 Å². The van der Waals surface area contributed by atoms with Crippen molar-refractivity contribution in [3.8, 4) is 11.3 Å². The summed E-state index contributed by atoms with van der Waals surface area (Å²) in [6.45, 7) is 0. The first-order valence-corrected chi connectivity index (χ1v) is 10.1. The molecule has 0 bridgehead atoms. The van der Waals surface area contributed by atoms with Crippen LogP contribution in [-0.2, 0) is 0 Å². The number of nitrogens with zero attached hydrogens (tertiary/aromatic N) is 1. The van der Waals surface area contributed by atoms with Crippen molar-refractivity contribution in [3.05, 3.63) is 119 Å². The number of H-pyrrole nitrogens is 1. The van der Waals surface area contributed by atoms with E-state index in [0.29, 0.717) is 16.4 Å². The van der Waals surface area contributed by atoms with Gasteiger partial charge in [0.2, 0.25) is 0 Å². The van der Waals surface area contributed by atoms with Gasteiger partial charge in [-0.25, -0.2) is 4.98 Å². The van der Waals surface area contributed by atoms with Gasteiger partial charge in [0.15, 0.2) is 10.9 Å². The van der Waals surface area contributed by atoms with Gasteiger partial charge in [0.05, 0.1) is 5.69 Å². The lowest BCUT2D eigenvalue weighted by Crippen LogP contribution is -2.13. The van der Waals surface area contributed by atoms with E-state index in [4.69, 9.17) is 0 Å². The van der Waals surface area contributed by atoms with E-state index < -0.39 is 5.25 Å². The van der Waals surface area contributed by atoms with E-state index in [1.54, 1.807) is 12.1 Å². The number of hydrogen-bond donors (Lipinski definition) is 1. The molecule has 0 spiro atoms. The van der Waals surface area contributed by atoms with Crippen LogP contribution in [-0.4, -0.2) is 15.8 Å². The summed E-state index contributed by atoms with van der Waals surface area (Å²) in [4.78, 5) is 32.9. The standard InChI is InChI=1S/C24H18N2O2S/c27-21-16-20(17-10-4-1-5-11-17)25-24(26-21)29-23(19-14-8-3-9-15-19)22(28)18-12-6-2-7-13-18/h1-16,23H,(H,25,26,27)/t23-/m1/s1. The highest BCUT2D eigenvalue weighted by atomic mass is 32.2. The summed E-state index contributed by atoms with van der Waals surface area (Å²) in [7, 11) is 0. The molecule has 1 atom stereocenters. The van der Waals surface area contributed by atoms with Crippen LogP contribution in [0.1, 0.15) is 21.2 Å². The van der Waals surface area contributed by atoms with Gasteiger partial charge in [0.25, 0.3) is 5.56 Å². The molecular formula is C24H18N2O2S. The molecule has 0 fully saturated rings. The van der Waals surface area contributed by atoms with Crippen molar-refractivity contribution in [2.75, 3.05) is 0 Å². The number of benzene rings is 3. The Balaban J connectivity index is 1.73. The quantitative estimate of drug-likeness (QED) is 0.277. The van der Waals surface area contributed by atoms with Crippen LogP contribution in [0.3, 0.4) is 0 Å². The first-order valence-electron chi connectivity index (χ1n) is 9.18. The SMILES string of the molecule is O=C(c1ccccc1)[C@H](Sc1nc(-c2ccccc2)cc(=O)[nH]1)c1ccccc1. The van der Waals surface area contributed by atoms with Crippen molar-refractivity contribution in [3.63, 3.8) is 0 Å². The fraction of sp³-hybridized carbons (Fsp3) is 0.0417. The lowest BCUT2D eigenvalue weighted by atomic mass is 10.0. The van der Waals surface area contributed by atoms with Crippen molar-refractivity contribution in [2.45, 2.75) is 10.4 Å². The lowest BCUT2D eigenvalue weighted by molar-refractivity contribution is 0.0989. The second-order valence-electron chi connectivity index (χ2n) is 6.44. The third-order valence-electron chi connectivity index (χ3n) is 4.42. The number of thioether (sulfide) groups is 1. The third kappa shape index (κ3) is 4.52. The first kappa shape index (κ1) is 18.9. The number of hydrogen-bond acceptors (Lipinski definition) is 4. The second-order valence-corrected chi connectivity index (χ2v) is 7.53. The zero-order valence-electron chi connectivity index (χ0n) is 15.5. The van der Waals surface area contributed by atoms with Crippen molar-refractivity contribution in [1.82, 2.24) is 9.97 Å². The molecule has 0 aliphatic carbocycles. The molecule has 0 amide bonds. The maximum absolute atomic E-state index is 13.2. The molecule has 142 valence electrons. The maximum atomic E-state index is 13.2. The van der Waals surface area contributed by atoms with Gasteiger partial charge in [0, 0.05) is 17.2 Å². The van der Waals surface area contributed by atoms with Gasteiger partial charge in [-0.1, -0.05) is 103 Å². The van der Waals surface area contributed by atoms with E-state index in [-0.39, 0.29) is 11.3 Å². The van der Waals surface area contributed by atoms with Crippen LogP contribution < -0.4 is 5.56 Å². The number of aromatic nitrogens is 2. The zero-order chi connectivity index (χ0) is 20.1. The summed E-state index contributed by atoms with van der Waals surface area (Å²) < 4.78 is 0. The first-order chi connectivity index (χ1) is 14.2. The molecule has 0 saturated heterocycles. The number of aromatic amines is 1. The molecule has 5 heteroatoms. The Bertz CT molecular complexity index is 1160. The highest BCUT2D eigenvalue weighted by Crippen LogP contribution is 2.36. The molecule has 0 saturated carbocycles. The van der Waals surface area contributed by atoms with Gasteiger partial charge in [-0.15, -0.1) is 0 Å². The lowest BCUT2D eigenvalue weighted by Gasteiger charge is -2.16. The largest absolute Gasteiger partial charge is 0.301 e. The Morgan fingerprint density at radius 1 is 0.828 bits per heavy atom. The van der Waals surface area contributed by atoms with Crippen LogP contribution in [0.4, 0.5) is 0 Å². The molecule has 0 unspecified atom stereocenters. The van der Waals surface area contributed by atoms with E-state index in [0.717, 1.165) is 11.1 Å². The van der Waals surface area contributed by atoms with Crippen LogP contribution in [0, 0.1) is 0 Å². The van der Waals surface area contributed by atoms with Gasteiger partial charge in [0.1, 0.15) is 5.25 Å². The molecule has 0 aliphatic rings. The molecule has 1 aromatic heterocycles. The van der Waals surface area contributed by atoms with Gasteiger partial charge in [-0.2, -0.15) is 0 Å². The monoisotopic (exact) mass is 398 g/mol. The van der Waals surface area contributed by atoms with Crippen LogP contribution in [0.5, 0.6) is 0 Å². The Hall–Kier alpha value is -3.44. The predicted octanol–water partition coefficient (Wildman–Crippen LogP) is 5.15. The van der Waals surface area contributed by atoms with Crippen LogP contribution >= 0.6 is 11.8 Å². The maximum Gasteiger partial charge on any atom is 0.252 e. The molecule has 0 radical (unpaired) electrons. The molecule has 3 aromatic carbocycles. The number of carbonyl (C=O) groups is 1. The Morgan fingerprint density at radius 2 is 1.41 bits per heavy atom. The number of ketones is 1. The average molecular weight is 398 g/mol. The summed E-state index contributed by atoms with van der Waals surface area (Å²) >= 11 is 1.25. The topological polar surface area (TPSA) is 62.8 Å². The summed E-state index contributed by atoms with van der Waals surface area (Å²) in [5.41, 5.74) is 2.66. The third-order valence-corrected chi connectivity index (χ3v) is 5.56. The molecular weight excluding hydrogens is 380 g/mol. The second kappa shape index (κ2) is 8.71. The summed E-state index contributed by atoms with van der Waals surface area (Å²) in [6.07, 6.45) is 0. The Labute approximate surface area is 172 Å². The van der Waals surface area contributed by atoms with Crippen LogP contribution in [0.2, 0.25) is 0 Å². The van der Waals surface area contributed by atoms with Crippen molar-refractivity contribution >= 4 is 17.5 Å². The minimum atomic E-state index is -0.521. The number of rotatable bonds is 6. The molecule has 0 aliphatic heterocycles. The smallest absolute Gasteiger partial charge is 0.252 e. The molecule has 29 heavy (non-hydrogen) atoms. The zero-order valence-corrected chi connectivity index (χ0v) is 16.3. The summed E-state index contributed by atoms with van der Waals surface area (Å²) in [5, 5.41) is -0.109. The normalized spacial score (nSPS) is 11.7. The van der Waals surface area contributed by atoms with Crippen molar-refractivity contribution in [1.29, 1.82) is 0 Å².